The van der Waals surface area contributed by atoms with Crippen LogP contribution in [0.25, 0.3) is 0 Å². The maximum absolute atomic E-state index is 11.7. The van der Waals surface area contributed by atoms with E-state index in [1.165, 1.54) is 7.11 Å². The Morgan fingerprint density at radius 3 is 2.05 bits per heavy atom. The normalized spacial score (nSPS) is 13.4. The predicted molar refractivity (Wildman–Crippen MR) is 83.7 cm³/mol. The van der Waals surface area contributed by atoms with Gasteiger partial charge in [-0.25, -0.2) is 4.79 Å². The van der Waals surface area contributed by atoms with Crippen molar-refractivity contribution >= 4 is 12.1 Å². The molecule has 0 rings (SSSR count). The third-order valence-corrected chi connectivity index (χ3v) is 2.35. The van der Waals surface area contributed by atoms with E-state index in [1.54, 1.807) is 20.8 Å². The van der Waals surface area contributed by atoms with E-state index < -0.39 is 23.7 Å². The fourth-order valence-electron chi connectivity index (χ4n) is 1.41. The largest absolute Gasteiger partial charge is 0.468 e. The first kappa shape index (κ1) is 20.7. The standard InChI is InChI=1S/C15H30N2O5/c1-14(2,3)21-10-11(12(18)20-7)16-8-9-17-13(19)22-15(4,5)6/h11,16H,8-10H2,1-7H3,(H,17,19)/t11-/m1/s1. The Kier molecular flexibility index (Phi) is 8.40. The topological polar surface area (TPSA) is 85.9 Å². The Hall–Kier alpha value is -1.34. The van der Waals surface area contributed by atoms with Crippen molar-refractivity contribution in [3.8, 4) is 0 Å². The number of carbonyl (C=O) groups excluding carboxylic acids is 2. The lowest BCUT2D eigenvalue weighted by molar-refractivity contribution is -0.146. The lowest BCUT2D eigenvalue weighted by Crippen LogP contribution is -2.46. The highest BCUT2D eigenvalue weighted by molar-refractivity contribution is 5.75. The maximum atomic E-state index is 11.7. The molecule has 1 amide bonds. The van der Waals surface area contributed by atoms with Gasteiger partial charge in [-0.1, -0.05) is 0 Å². The minimum atomic E-state index is -0.579. The van der Waals surface area contributed by atoms with E-state index in [1.807, 2.05) is 20.8 Å². The van der Waals surface area contributed by atoms with Crippen molar-refractivity contribution in [2.45, 2.75) is 58.8 Å². The van der Waals surface area contributed by atoms with Crippen molar-refractivity contribution in [2.75, 3.05) is 26.8 Å². The molecule has 7 nitrogen and oxygen atoms in total. The molecular weight excluding hydrogens is 288 g/mol. The van der Waals surface area contributed by atoms with Gasteiger partial charge in [0.15, 0.2) is 0 Å². The van der Waals surface area contributed by atoms with E-state index >= 15 is 0 Å². The van der Waals surface area contributed by atoms with Gasteiger partial charge >= 0.3 is 12.1 Å². The number of hydrogen-bond donors (Lipinski definition) is 2. The van der Waals surface area contributed by atoms with Crippen LogP contribution in [0.1, 0.15) is 41.5 Å². The summed E-state index contributed by atoms with van der Waals surface area (Å²) in [6.45, 7) is 12.0. The molecule has 0 saturated heterocycles. The van der Waals surface area contributed by atoms with Crippen LogP contribution in [0.2, 0.25) is 0 Å². The van der Waals surface area contributed by atoms with E-state index in [0.29, 0.717) is 13.1 Å². The fourth-order valence-corrected chi connectivity index (χ4v) is 1.41. The van der Waals surface area contributed by atoms with Crippen molar-refractivity contribution in [1.82, 2.24) is 10.6 Å². The highest BCUT2D eigenvalue weighted by atomic mass is 16.6. The zero-order valence-electron chi connectivity index (χ0n) is 14.7. The van der Waals surface area contributed by atoms with Crippen molar-refractivity contribution in [3.05, 3.63) is 0 Å². The zero-order valence-corrected chi connectivity index (χ0v) is 14.7. The van der Waals surface area contributed by atoms with Crippen molar-refractivity contribution in [3.63, 3.8) is 0 Å². The number of esters is 1. The lowest BCUT2D eigenvalue weighted by Gasteiger charge is -2.24. The van der Waals surface area contributed by atoms with Gasteiger partial charge in [-0.2, -0.15) is 0 Å². The van der Waals surface area contributed by atoms with Crippen molar-refractivity contribution in [2.24, 2.45) is 0 Å². The quantitative estimate of drug-likeness (QED) is 0.546. The molecule has 0 bridgehead atoms. The maximum Gasteiger partial charge on any atom is 0.407 e. The van der Waals surface area contributed by atoms with E-state index in [-0.39, 0.29) is 12.2 Å². The molecule has 130 valence electrons. The summed E-state index contributed by atoms with van der Waals surface area (Å²) in [5.74, 6) is -0.401. The number of ether oxygens (including phenoxy) is 3. The van der Waals surface area contributed by atoms with Gasteiger partial charge in [-0.3, -0.25) is 4.79 Å². The molecule has 0 radical (unpaired) electrons. The number of hydrogen-bond acceptors (Lipinski definition) is 6. The van der Waals surface area contributed by atoms with Crippen LogP contribution in [0.3, 0.4) is 0 Å². The molecule has 0 aromatic rings. The van der Waals surface area contributed by atoms with E-state index in [9.17, 15) is 9.59 Å². The number of nitrogens with one attached hydrogen (secondary N) is 2. The second kappa shape index (κ2) is 8.95. The predicted octanol–water partition coefficient (Wildman–Crippen LogP) is 1.46. The van der Waals surface area contributed by atoms with Gasteiger partial charge in [0.2, 0.25) is 0 Å². The van der Waals surface area contributed by atoms with Gasteiger partial charge in [-0.15, -0.1) is 0 Å². The average molecular weight is 318 g/mol. The summed E-state index contributed by atoms with van der Waals surface area (Å²) in [4.78, 5) is 23.1. The van der Waals surface area contributed by atoms with Gasteiger partial charge in [0.25, 0.3) is 0 Å². The molecule has 0 aliphatic rings. The van der Waals surface area contributed by atoms with Crippen molar-refractivity contribution < 1.29 is 23.8 Å². The van der Waals surface area contributed by atoms with Gasteiger partial charge in [0.05, 0.1) is 19.3 Å². The third kappa shape index (κ3) is 11.3. The molecule has 0 spiro atoms. The molecule has 7 heteroatoms. The summed E-state index contributed by atoms with van der Waals surface area (Å²) in [6, 6.07) is -0.579. The minimum absolute atomic E-state index is 0.197. The molecule has 1 atom stereocenters. The number of alkyl carbamates (subject to hydrolysis) is 1. The molecule has 0 aromatic heterocycles. The van der Waals surface area contributed by atoms with Gasteiger partial charge in [0, 0.05) is 13.1 Å². The van der Waals surface area contributed by atoms with Crippen LogP contribution in [0.4, 0.5) is 4.79 Å². The first-order chi connectivity index (χ1) is 9.94. The van der Waals surface area contributed by atoms with Crippen LogP contribution in [-0.2, 0) is 19.0 Å². The fraction of sp³-hybridized carbons (Fsp3) is 0.867. The highest BCUT2D eigenvalue weighted by Gasteiger charge is 2.22. The molecule has 0 aliphatic heterocycles. The Morgan fingerprint density at radius 2 is 1.59 bits per heavy atom. The van der Waals surface area contributed by atoms with E-state index in [4.69, 9.17) is 14.2 Å². The first-order valence-corrected chi connectivity index (χ1v) is 7.36. The summed E-state index contributed by atoms with van der Waals surface area (Å²) in [5, 5.41) is 5.60. The van der Waals surface area contributed by atoms with Crippen LogP contribution >= 0.6 is 0 Å². The van der Waals surface area contributed by atoms with Crippen LogP contribution in [0.5, 0.6) is 0 Å². The highest BCUT2D eigenvalue weighted by Crippen LogP contribution is 2.08. The van der Waals surface area contributed by atoms with E-state index in [2.05, 4.69) is 10.6 Å². The first-order valence-electron chi connectivity index (χ1n) is 7.36. The number of amides is 1. The molecule has 0 heterocycles. The van der Waals surface area contributed by atoms with Crippen LogP contribution in [-0.4, -0.2) is 56.1 Å². The number of carbonyl (C=O) groups is 2. The summed E-state index contributed by atoms with van der Waals surface area (Å²) in [7, 11) is 1.33. The Bertz CT molecular complexity index is 358. The zero-order chi connectivity index (χ0) is 17.4. The second-order valence-electron chi connectivity index (χ2n) is 6.88. The molecule has 0 fully saturated rings. The summed E-state index contributed by atoms with van der Waals surface area (Å²) < 4.78 is 15.4. The van der Waals surface area contributed by atoms with Crippen LogP contribution < -0.4 is 10.6 Å². The Labute approximate surface area is 133 Å². The second-order valence-corrected chi connectivity index (χ2v) is 6.88. The van der Waals surface area contributed by atoms with Gasteiger partial charge in [0.1, 0.15) is 11.6 Å². The number of methoxy groups -OCH3 is 1. The molecular formula is C15H30N2O5. The molecule has 0 saturated carbocycles. The average Bonchev–Trinajstić information content (AvgIpc) is 2.33. The molecule has 2 N–H and O–H groups in total. The summed E-state index contributed by atoms with van der Waals surface area (Å²) in [5.41, 5.74) is -0.880. The van der Waals surface area contributed by atoms with Crippen molar-refractivity contribution in [1.29, 1.82) is 0 Å². The minimum Gasteiger partial charge on any atom is -0.468 e. The van der Waals surface area contributed by atoms with Gasteiger partial charge < -0.3 is 24.8 Å². The Balaban J connectivity index is 4.14. The molecule has 0 aliphatic carbocycles. The summed E-state index contributed by atoms with van der Waals surface area (Å²) in [6.07, 6.45) is -0.491. The number of rotatable bonds is 7. The van der Waals surface area contributed by atoms with Crippen LogP contribution in [0.15, 0.2) is 0 Å². The van der Waals surface area contributed by atoms with E-state index in [0.717, 1.165) is 0 Å². The smallest absolute Gasteiger partial charge is 0.407 e. The Morgan fingerprint density at radius 1 is 1.00 bits per heavy atom. The molecule has 22 heavy (non-hydrogen) atoms. The SMILES string of the molecule is COC(=O)[C@@H](COC(C)(C)C)NCCNC(=O)OC(C)(C)C. The molecule has 0 aromatic carbocycles. The van der Waals surface area contributed by atoms with Gasteiger partial charge in [-0.05, 0) is 41.5 Å². The lowest BCUT2D eigenvalue weighted by atomic mass is 10.2. The molecule has 0 unspecified atom stereocenters. The monoisotopic (exact) mass is 318 g/mol. The van der Waals surface area contributed by atoms with Crippen LogP contribution in [0, 0.1) is 0 Å². The third-order valence-electron chi connectivity index (χ3n) is 2.35. The summed E-state index contributed by atoms with van der Waals surface area (Å²) >= 11 is 0.